The van der Waals surface area contributed by atoms with Gasteiger partial charge in [-0.15, -0.1) is 0 Å². The van der Waals surface area contributed by atoms with E-state index in [9.17, 15) is 9.90 Å². The van der Waals surface area contributed by atoms with Crippen LogP contribution in [0.3, 0.4) is 0 Å². The van der Waals surface area contributed by atoms with Crippen LogP contribution in [0.4, 0.5) is 4.79 Å². The fourth-order valence-electron chi connectivity index (χ4n) is 2.86. The number of hydrogen-bond donors (Lipinski definition) is 1. The van der Waals surface area contributed by atoms with E-state index in [1.54, 1.807) is 26.8 Å². The van der Waals surface area contributed by atoms with Crippen LogP contribution in [-0.2, 0) is 18.6 Å². The summed E-state index contributed by atoms with van der Waals surface area (Å²) in [5.41, 5.74) is -0.205. The molecule has 1 aromatic rings. The second-order valence-electron chi connectivity index (χ2n) is 10.6. The van der Waals surface area contributed by atoms with Gasteiger partial charge >= 0.3 is 6.09 Å². The van der Waals surface area contributed by atoms with Crippen LogP contribution >= 0.6 is 0 Å². The Bertz CT molecular complexity index is 741. The Labute approximate surface area is 175 Å². The fourth-order valence-corrected chi connectivity index (χ4v) is 4.12. The van der Waals surface area contributed by atoms with E-state index in [1.165, 1.54) is 6.07 Å². The van der Waals surface area contributed by atoms with Crippen molar-refractivity contribution in [3.05, 3.63) is 17.8 Å². The summed E-state index contributed by atoms with van der Waals surface area (Å²) in [5, 5.41) is 10.3. The molecule has 1 fully saturated rings. The van der Waals surface area contributed by atoms with Gasteiger partial charge in [-0.3, -0.25) is 0 Å². The van der Waals surface area contributed by atoms with E-state index in [0.29, 0.717) is 12.3 Å². The predicted octanol–water partition coefficient (Wildman–Crippen LogP) is 5.19. The molecule has 2 atom stereocenters. The molecule has 1 aliphatic rings. The first-order chi connectivity index (χ1) is 12.9. The standard InChI is InChI=1S/C21H37NO6Si/c1-19(2,3)27-18(24)22-14(11-12-16(22)23)17(15-13-25-21(7,8)26-15)28-29(9,10)20(4,5)6/h11-12,15,17,23H,13H2,1-10H3/t15?,17-/m0/s1. The van der Waals surface area contributed by atoms with Crippen molar-refractivity contribution in [1.29, 1.82) is 0 Å². The van der Waals surface area contributed by atoms with E-state index >= 15 is 0 Å². The summed E-state index contributed by atoms with van der Waals surface area (Å²) in [6.45, 7) is 20.1. The molecule has 2 heterocycles. The van der Waals surface area contributed by atoms with Crippen LogP contribution in [0.2, 0.25) is 18.1 Å². The number of ether oxygens (including phenoxy) is 3. The lowest BCUT2D eigenvalue weighted by molar-refractivity contribution is -0.150. The molecule has 29 heavy (non-hydrogen) atoms. The van der Waals surface area contributed by atoms with Crippen LogP contribution in [-0.4, -0.2) is 48.2 Å². The Hall–Kier alpha value is -1.35. The first-order valence-corrected chi connectivity index (χ1v) is 13.0. The lowest BCUT2D eigenvalue weighted by Gasteiger charge is -2.40. The summed E-state index contributed by atoms with van der Waals surface area (Å²) in [7, 11) is -2.24. The Kier molecular flexibility index (Phi) is 6.37. The average molecular weight is 428 g/mol. The number of nitrogens with zero attached hydrogens (tertiary/aromatic N) is 1. The van der Waals surface area contributed by atoms with E-state index in [4.69, 9.17) is 18.6 Å². The third kappa shape index (κ3) is 5.62. The molecule has 0 amide bonds. The summed E-state index contributed by atoms with van der Waals surface area (Å²) in [4.78, 5) is 12.8. The normalized spacial score (nSPS) is 21.2. The van der Waals surface area contributed by atoms with Gasteiger partial charge in [0, 0.05) is 6.07 Å². The van der Waals surface area contributed by atoms with E-state index in [2.05, 4.69) is 33.9 Å². The average Bonchev–Trinajstić information content (AvgIpc) is 3.04. The molecule has 0 spiro atoms. The van der Waals surface area contributed by atoms with Crippen molar-refractivity contribution in [2.24, 2.45) is 0 Å². The number of carbonyl (C=O) groups is 1. The summed E-state index contributed by atoms with van der Waals surface area (Å²) in [6, 6.07) is 3.16. The van der Waals surface area contributed by atoms with Gasteiger partial charge in [0.05, 0.1) is 12.3 Å². The topological polar surface area (TPSA) is 79.2 Å². The van der Waals surface area contributed by atoms with Crippen molar-refractivity contribution < 1.29 is 28.5 Å². The van der Waals surface area contributed by atoms with Crippen LogP contribution < -0.4 is 0 Å². The second-order valence-corrected chi connectivity index (χ2v) is 15.4. The predicted molar refractivity (Wildman–Crippen MR) is 114 cm³/mol. The van der Waals surface area contributed by atoms with Gasteiger partial charge in [0.15, 0.2) is 14.1 Å². The lowest BCUT2D eigenvalue weighted by atomic mass is 10.1. The number of aromatic hydroxyl groups is 1. The number of hydrogen-bond acceptors (Lipinski definition) is 6. The Balaban J connectivity index is 2.49. The van der Waals surface area contributed by atoms with Crippen LogP contribution in [0.25, 0.3) is 0 Å². The van der Waals surface area contributed by atoms with Gasteiger partial charge in [-0.1, -0.05) is 20.8 Å². The van der Waals surface area contributed by atoms with Crippen molar-refractivity contribution in [1.82, 2.24) is 4.57 Å². The minimum absolute atomic E-state index is 0.0500. The number of rotatable bonds is 4. The number of carbonyl (C=O) groups excluding carboxylic acids is 1. The third-order valence-corrected chi connectivity index (χ3v) is 9.81. The van der Waals surface area contributed by atoms with Gasteiger partial charge in [0.2, 0.25) is 5.88 Å². The smallest absolute Gasteiger partial charge is 0.421 e. The van der Waals surface area contributed by atoms with Crippen molar-refractivity contribution in [3.8, 4) is 5.88 Å². The maximum Gasteiger partial charge on any atom is 0.421 e. The van der Waals surface area contributed by atoms with Gasteiger partial charge in [0.25, 0.3) is 0 Å². The SMILES string of the molecule is CC(C)(C)OC(=O)n1c(O)ccc1[C@H](O[Si](C)(C)C(C)(C)C)C1COC(C)(C)O1. The molecule has 1 aliphatic heterocycles. The minimum atomic E-state index is -2.24. The zero-order valence-corrected chi connectivity index (χ0v) is 20.5. The summed E-state index contributed by atoms with van der Waals surface area (Å²) < 4.78 is 25.2. The molecule has 0 aliphatic carbocycles. The zero-order chi connectivity index (χ0) is 22.4. The van der Waals surface area contributed by atoms with Crippen molar-refractivity contribution in [2.45, 2.75) is 97.1 Å². The highest BCUT2D eigenvalue weighted by Gasteiger charge is 2.46. The van der Waals surface area contributed by atoms with Gasteiger partial charge in [-0.2, -0.15) is 0 Å². The minimum Gasteiger partial charge on any atom is -0.494 e. The summed E-state index contributed by atoms with van der Waals surface area (Å²) in [5.74, 6) is -0.943. The molecule has 1 N–H and O–H groups in total. The Morgan fingerprint density at radius 1 is 1.24 bits per heavy atom. The van der Waals surface area contributed by atoms with Gasteiger partial charge in [-0.25, -0.2) is 9.36 Å². The molecule has 0 aromatic carbocycles. The molecule has 0 bridgehead atoms. The van der Waals surface area contributed by atoms with E-state index in [0.717, 1.165) is 4.57 Å². The molecule has 166 valence electrons. The van der Waals surface area contributed by atoms with Crippen LogP contribution in [0.5, 0.6) is 5.88 Å². The first-order valence-electron chi connectivity index (χ1n) is 10.1. The Morgan fingerprint density at radius 3 is 2.28 bits per heavy atom. The van der Waals surface area contributed by atoms with Crippen molar-refractivity contribution >= 4 is 14.4 Å². The van der Waals surface area contributed by atoms with Crippen molar-refractivity contribution in [3.63, 3.8) is 0 Å². The highest BCUT2D eigenvalue weighted by molar-refractivity contribution is 6.74. The Morgan fingerprint density at radius 2 is 1.83 bits per heavy atom. The number of aromatic nitrogens is 1. The van der Waals surface area contributed by atoms with E-state index in [1.807, 2.05) is 13.8 Å². The summed E-state index contributed by atoms with van der Waals surface area (Å²) in [6.07, 6.45) is -1.67. The second kappa shape index (κ2) is 7.72. The van der Waals surface area contributed by atoms with Crippen LogP contribution in [0.1, 0.15) is 67.2 Å². The molecule has 1 aromatic heterocycles. The highest BCUT2D eigenvalue weighted by atomic mass is 28.4. The molecule has 0 saturated carbocycles. The van der Waals surface area contributed by atoms with Gasteiger partial charge < -0.3 is 23.7 Å². The maximum absolute atomic E-state index is 12.8. The maximum atomic E-state index is 12.8. The van der Waals surface area contributed by atoms with E-state index < -0.39 is 38.0 Å². The van der Waals surface area contributed by atoms with E-state index in [-0.39, 0.29) is 10.9 Å². The molecule has 0 radical (unpaired) electrons. The first kappa shape index (κ1) is 23.9. The van der Waals surface area contributed by atoms with Gasteiger partial charge in [0.1, 0.15) is 17.8 Å². The third-order valence-electron chi connectivity index (χ3n) is 5.35. The largest absolute Gasteiger partial charge is 0.494 e. The van der Waals surface area contributed by atoms with Crippen molar-refractivity contribution in [2.75, 3.05) is 6.61 Å². The molecule has 1 unspecified atom stereocenters. The summed E-state index contributed by atoms with van der Waals surface area (Å²) >= 11 is 0. The zero-order valence-electron chi connectivity index (χ0n) is 19.5. The quantitative estimate of drug-likeness (QED) is 0.666. The van der Waals surface area contributed by atoms with Gasteiger partial charge in [-0.05, 0) is 58.8 Å². The molecule has 2 rings (SSSR count). The van der Waals surface area contributed by atoms with Crippen LogP contribution in [0, 0.1) is 0 Å². The molecule has 8 heteroatoms. The fraction of sp³-hybridized carbons (Fsp3) is 0.762. The lowest BCUT2D eigenvalue weighted by Crippen LogP contribution is -2.45. The molecular formula is C21H37NO6Si. The monoisotopic (exact) mass is 427 g/mol. The highest BCUT2D eigenvalue weighted by Crippen LogP contribution is 2.43. The van der Waals surface area contributed by atoms with Crippen LogP contribution in [0.15, 0.2) is 12.1 Å². The molecule has 7 nitrogen and oxygen atoms in total. The molecule has 1 saturated heterocycles. The molecular weight excluding hydrogens is 390 g/mol.